The number of carbonyl (C=O) groups excluding carboxylic acids is 1. The molecule has 2 atom stereocenters. The molecule has 0 fully saturated rings. The summed E-state index contributed by atoms with van der Waals surface area (Å²) in [7, 11) is 0. The zero-order chi connectivity index (χ0) is 13.7. The molecule has 0 bridgehead atoms. The van der Waals surface area contributed by atoms with Crippen molar-refractivity contribution in [3.05, 3.63) is 35.4 Å². The second-order valence-corrected chi connectivity index (χ2v) is 4.50. The summed E-state index contributed by atoms with van der Waals surface area (Å²) in [5.41, 5.74) is 7.47. The second-order valence-electron chi connectivity index (χ2n) is 4.50. The number of hydrogen-bond donors (Lipinski definition) is 1. The second kappa shape index (κ2) is 6.50. The van der Waals surface area contributed by atoms with Gasteiger partial charge in [0, 0.05) is 0 Å². The highest BCUT2D eigenvalue weighted by atomic mass is 19.1. The van der Waals surface area contributed by atoms with Crippen LogP contribution in [0.1, 0.15) is 43.9 Å². The quantitative estimate of drug-likeness (QED) is 0.821. The molecule has 0 radical (unpaired) electrons. The Labute approximate surface area is 107 Å². The first-order valence-electron chi connectivity index (χ1n) is 6.13. The average molecular weight is 253 g/mol. The molecule has 0 aliphatic carbocycles. The molecule has 0 saturated heterocycles. The van der Waals surface area contributed by atoms with E-state index in [4.69, 9.17) is 5.73 Å². The van der Waals surface area contributed by atoms with E-state index < -0.39 is 18.2 Å². The number of alkyl halides is 1. The highest BCUT2D eigenvalue weighted by molar-refractivity contribution is 5.75. The van der Waals surface area contributed by atoms with Gasteiger partial charge in [-0.25, -0.2) is 9.18 Å². The molecular weight excluding hydrogens is 233 g/mol. The topological polar surface area (TPSA) is 52.3 Å². The third-order valence-corrected chi connectivity index (χ3v) is 2.82. The third kappa shape index (κ3) is 3.53. The van der Waals surface area contributed by atoms with Crippen LogP contribution in [0.2, 0.25) is 0 Å². The van der Waals surface area contributed by atoms with Gasteiger partial charge in [0.15, 0.2) is 0 Å². The van der Waals surface area contributed by atoms with E-state index in [2.05, 4.69) is 18.6 Å². The summed E-state index contributed by atoms with van der Waals surface area (Å²) in [5.74, 6) is -0.501. The van der Waals surface area contributed by atoms with Gasteiger partial charge in [-0.1, -0.05) is 38.1 Å². The molecule has 0 aromatic heterocycles. The highest BCUT2D eigenvalue weighted by Crippen LogP contribution is 2.21. The summed E-state index contributed by atoms with van der Waals surface area (Å²) >= 11 is 0. The van der Waals surface area contributed by atoms with E-state index in [0.29, 0.717) is 11.5 Å². The summed E-state index contributed by atoms with van der Waals surface area (Å²) < 4.78 is 18.3. The summed E-state index contributed by atoms with van der Waals surface area (Å²) in [6.45, 7) is 5.93. The minimum absolute atomic E-state index is 0.151. The number of benzene rings is 1. The van der Waals surface area contributed by atoms with Gasteiger partial charge in [0.25, 0.3) is 0 Å². The fourth-order valence-corrected chi connectivity index (χ4v) is 1.64. The first-order chi connectivity index (χ1) is 8.47. The van der Waals surface area contributed by atoms with E-state index in [0.717, 1.165) is 5.56 Å². The largest absolute Gasteiger partial charge is 0.464 e. The molecule has 4 heteroatoms. The maximum absolute atomic E-state index is 13.7. The fraction of sp³-hybridized carbons (Fsp3) is 0.500. The monoisotopic (exact) mass is 253 g/mol. The lowest BCUT2D eigenvalue weighted by atomic mass is 9.97. The minimum atomic E-state index is -1.82. The summed E-state index contributed by atoms with van der Waals surface area (Å²) in [5, 5.41) is 0. The van der Waals surface area contributed by atoms with Crippen molar-refractivity contribution in [2.45, 2.75) is 38.9 Å². The molecule has 1 unspecified atom stereocenters. The van der Waals surface area contributed by atoms with Crippen LogP contribution in [-0.4, -0.2) is 18.7 Å². The maximum atomic E-state index is 13.7. The predicted molar refractivity (Wildman–Crippen MR) is 69.0 cm³/mol. The van der Waals surface area contributed by atoms with Crippen LogP contribution in [0.5, 0.6) is 0 Å². The van der Waals surface area contributed by atoms with Crippen molar-refractivity contribution in [2.24, 2.45) is 5.73 Å². The van der Waals surface area contributed by atoms with Crippen LogP contribution < -0.4 is 5.73 Å². The van der Waals surface area contributed by atoms with Gasteiger partial charge in [-0.2, -0.15) is 0 Å². The Kier molecular flexibility index (Phi) is 5.28. The Balaban J connectivity index is 2.77. The molecule has 0 aliphatic heterocycles. The maximum Gasteiger partial charge on any atom is 0.342 e. The summed E-state index contributed by atoms with van der Waals surface area (Å²) in [4.78, 5) is 11.3. The molecule has 1 aromatic rings. The van der Waals surface area contributed by atoms with Crippen LogP contribution >= 0.6 is 0 Å². The van der Waals surface area contributed by atoms with Crippen LogP contribution in [0.25, 0.3) is 0 Å². The van der Waals surface area contributed by atoms with Crippen LogP contribution in [0, 0.1) is 0 Å². The van der Waals surface area contributed by atoms with Gasteiger partial charge in [-0.3, -0.25) is 0 Å². The third-order valence-electron chi connectivity index (χ3n) is 2.82. The molecule has 100 valence electrons. The first-order valence-corrected chi connectivity index (χ1v) is 6.13. The van der Waals surface area contributed by atoms with Crippen LogP contribution in [-0.2, 0) is 9.53 Å². The molecule has 2 N–H and O–H groups in total. The molecule has 0 saturated carbocycles. The lowest BCUT2D eigenvalue weighted by molar-refractivity contribution is -0.149. The SMILES string of the molecule is CCOC(=O)C(F)[C@H](N)c1ccc(C(C)C)cc1. The molecule has 1 aromatic carbocycles. The van der Waals surface area contributed by atoms with Crippen molar-refractivity contribution >= 4 is 5.97 Å². The number of esters is 1. The van der Waals surface area contributed by atoms with Gasteiger partial charge < -0.3 is 10.5 Å². The smallest absolute Gasteiger partial charge is 0.342 e. The van der Waals surface area contributed by atoms with Crippen molar-refractivity contribution < 1.29 is 13.9 Å². The van der Waals surface area contributed by atoms with Gasteiger partial charge in [-0.15, -0.1) is 0 Å². The molecular formula is C14H20FNO2. The van der Waals surface area contributed by atoms with Crippen molar-refractivity contribution in [2.75, 3.05) is 6.61 Å². The molecule has 0 aliphatic rings. The lowest BCUT2D eigenvalue weighted by Crippen LogP contribution is -2.31. The zero-order valence-corrected chi connectivity index (χ0v) is 11.0. The summed E-state index contributed by atoms with van der Waals surface area (Å²) in [6, 6.07) is 6.33. The average Bonchev–Trinajstić information content (AvgIpc) is 2.37. The van der Waals surface area contributed by atoms with Crippen molar-refractivity contribution in [1.29, 1.82) is 0 Å². The van der Waals surface area contributed by atoms with E-state index in [-0.39, 0.29) is 6.61 Å². The summed E-state index contributed by atoms with van der Waals surface area (Å²) in [6.07, 6.45) is -1.82. The number of ether oxygens (including phenoxy) is 1. The van der Waals surface area contributed by atoms with Crippen LogP contribution in [0.3, 0.4) is 0 Å². The van der Waals surface area contributed by atoms with E-state index >= 15 is 0 Å². The zero-order valence-electron chi connectivity index (χ0n) is 11.0. The van der Waals surface area contributed by atoms with Crippen LogP contribution in [0.15, 0.2) is 24.3 Å². The van der Waals surface area contributed by atoms with E-state index in [1.165, 1.54) is 0 Å². The van der Waals surface area contributed by atoms with Gasteiger partial charge >= 0.3 is 5.97 Å². The lowest BCUT2D eigenvalue weighted by Gasteiger charge is -2.16. The van der Waals surface area contributed by atoms with Crippen molar-refractivity contribution in [3.63, 3.8) is 0 Å². The molecule has 3 nitrogen and oxygen atoms in total. The van der Waals surface area contributed by atoms with E-state index in [9.17, 15) is 9.18 Å². The van der Waals surface area contributed by atoms with Crippen molar-refractivity contribution in [3.8, 4) is 0 Å². The molecule has 0 heterocycles. The van der Waals surface area contributed by atoms with Crippen molar-refractivity contribution in [1.82, 2.24) is 0 Å². The molecule has 0 spiro atoms. The number of carbonyl (C=O) groups is 1. The standard InChI is InChI=1S/C14H20FNO2/c1-4-18-14(17)12(15)13(16)11-7-5-10(6-8-11)9(2)3/h5-9,12-13H,4,16H2,1-3H3/t12?,13-/m1/s1. The Morgan fingerprint density at radius 1 is 1.28 bits per heavy atom. The Hall–Kier alpha value is -1.42. The molecule has 18 heavy (non-hydrogen) atoms. The Morgan fingerprint density at radius 3 is 2.22 bits per heavy atom. The number of hydrogen-bond acceptors (Lipinski definition) is 3. The minimum Gasteiger partial charge on any atom is -0.464 e. The number of halogens is 1. The van der Waals surface area contributed by atoms with Crippen LogP contribution in [0.4, 0.5) is 4.39 Å². The normalized spacial score (nSPS) is 14.3. The predicted octanol–water partition coefficient (Wildman–Crippen LogP) is 2.71. The van der Waals surface area contributed by atoms with Gasteiger partial charge in [0.1, 0.15) is 0 Å². The Bertz CT molecular complexity index is 389. The number of rotatable bonds is 5. The van der Waals surface area contributed by atoms with E-state index in [1.54, 1.807) is 19.1 Å². The van der Waals surface area contributed by atoms with Gasteiger partial charge in [0.2, 0.25) is 6.17 Å². The fourth-order valence-electron chi connectivity index (χ4n) is 1.64. The van der Waals surface area contributed by atoms with Gasteiger partial charge in [-0.05, 0) is 24.0 Å². The highest BCUT2D eigenvalue weighted by Gasteiger charge is 2.27. The van der Waals surface area contributed by atoms with E-state index in [1.807, 2.05) is 12.1 Å². The molecule has 1 rings (SSSR count). The van der Waals surface area contributed by atoms with Gasteiger partial charge in [0.05, 0.1) is 12.6 Å². The Morgan fingerprint density at radius 2 is 1.78 bits per heavy atom. The first kappa shape index (κ1) is 14.6. The number of nitrogens with two attached hydrogens (primary N) is 1. The molecule has 0 amide bonds.